The summed E-state index contributed by atoms with van der Waals surface area (Å²) in [5, 5.41) is 1.17. The number of nitrogens with two attached hydrogens (primary N) is 1. The molecule has 3 aromatic rings. The average molecular weight is 300 g/mol. The fraction of sp³-hybridized carbons (Fsp3) is 0.222. The summed E-state index contributed by atoms with van der Waals surface area (Å²) in [4.78, 5) is 0. The molecule has 0 aliphatic heterocycles. The Labute approximate surface area is 128 Å². The van der Waals surface area contributed by atoms with Crippen molar-refractivity contribution in [2.75, 3.05) is 6.54 Å². The summed E-state index contributed by atoms with van der Waals surface area (Å²) >= 11 is 0. The Morgan fingerprint density at radius 2 is 1.73 bits per heavy atom. The first kappa shape index (κ1) is 14.7. The van der Waals surface area contributed by atoms with Gasteiger partial charge in [-0.15, -0.1) is 0 Å². The molecule has 0 amide bonds. The molecule has 0 fully saturated rings. The third-order valence-electron chi connectivity index (χ3n) is 3.80. The summed E-state index contributed by atoms with van der Waals surface area (Å²) in [5.41, 5.74) is 8.50. The topological polar surface area (TPSA) is 30.9 Å². The van der Waals surface area contributed by atoms with Crippen LogP contribution in [0.3, 0.4) is 0 Å². The standard InChI is InChI=1S/C18H18F2N2/c19-15-8-13(9-16(20)10-15)11-22-12-14(4-3-7-21)17-5-1-2-6-18(17)22/h1-2,5-6,8-10,12H,3-4,7,11,21H2. The number of nitrogens with zero attached hydrogens (tertiary/aromatic N) is 1. The van der Waals surface area contributed by atoms with Crippen LogP contribution in [0.2, 0.25) is 0 Å². The Balaban J connectivity index is 1.99. The van der Waals surface area contributed by atoms with Gasteiger partial charge in [-0.3, -0.25) is 0 Å². The molecule has 3 rings (SSSR count). The lowest BCUT2D eigenvalue weighted by Crippen LogP contribution is -2.01. The molecule has 2 nitrogen and oxygen atoms in total. The maximum atomic E-state index is 13.4. The van der Waals surface area contributed by atoms with E-state index in [0.717, 1.165) is 24.4 Å². The normalized spacial score (nSPS) is 11.2. The molecule has 2 aromatic carbocycles. The summed E-state index contributed by atoms with van der Waals surface area (Å²) in [6, 6.07) is 11.7. The molecule has 1 heterocycles. The number of hydrogen-bond acceptors (Lipinski definition) is 1. The van der Waals surface area contributed by atoms with E-state index in [1.807, 2.05) is 22.8 Å². The second kappa shape index (κ2) is 6.28. The number of aryl methyl sites for hydroxylation is 1. The van der Waals surface area contributed by atoms with Crippen LogP contribution >= 0.6 is 0 Å². The van der Waals surface area contributed by atoms with E-state index in [4.69, 9.17) is 5.73 Å². The Bertz CT molecular complexity index is 773. The minimum atomic E-state index is -0.546. The van der Waals surface area contributed by atoms with Crippen molar-refractivity contribution in [3.05, 3.63) is 71.4 Å². The van der Waals surface area contributed by atoms with Gasteiger partial charge in [0.15, 0.2) is 0 Å². The van der Waals surface area contributed by atoms with E-state index in [1.165, 1.54) is 23.1 Å². The zero-order chi connectivity index (χ0) is 15.5. The van der Waals surface area contributed by atoms with Crippen LogP contribution in [0.15, 0.2) is 48.7 Å². The van der Waals surface area contributed by atoms with Gasteiger partial charge >= 0.3 is 0 Å². The maximum Gasteiger partial charge on any atom is 0.126 e. The smallest absolute Gasteiger partial charge is 0.126 e. The van der Waals surface area contributed by atoms with Crippen molar-refractivity contribution in [3.63, 3.8) is 0 Å². The lowest BCUT2D eigenvalue weighted by atomic mass is 10.1. The van der Waals surface area contributed by atoms with E-state index in [9.17, 15) is 8.78 Å². The monoisotopic (exact) mass is 300 g/mol. The molecule has 22 heavy (non-hydrogen) atoms. The minimum absolute atomic E-state index is 0.442. The maximum absolute atomic E-state index is 13.4. The van der Waals surface area contributed by atoms with Gasteiger partial charge in [-0.2, -0.15) is 0 Å². The van der Waals surface area contributed by atoms with Crippen LogP contribution in [0.5, 0.6) is 0 Å². The van der Waals surface area contributed by atoms with E-state index in [2.05, 4.69) is 12.3 Å². The van der Waals surface area contributed by atoms with Crippen LogP contribution in [-0.4, -0.2) is 11.1 Å². The Hall–Kier alpha value is -2.20. The second-order valence-corrected chi connectivity index (χ2v) is 5.47. The van der Waals surface area contributed by atoms with E-state index in [-0.39, 0.29) is 0 Å². The quantitative estimate of drug-likeness (QED) is 0.762. The fourth-order valence-corrected chi connectivity index (χ4v) is 2.84. The van der Waals surface area contributed by atoms with Crippen molar-refractivity contribution >= 4 is 10.9 Å². The van der Waals surface area contributed by atoms with Gasteiger partial charge in [-0.1, -0.05) is 18.2 Å². The third-order valence-corrected chi connectivity index (χ3v) is 3.80. The van der Waals surface area contributed by atoms with Crippen LogP contribution in [-0.2, 0) is 13.0 Å². The van der Waals surface area contributed by atoms with E-state index in [0.29, 0.717) is 18.7 Å². The van der Waals surface area contributed by atoms with Crippen LogP contribution in [0, 0.1) is 11.6 Å². The highest BCUT2D eigenvalue weighted by molar-refractivity contribution is 5.84. The molecule has 0 aliphatic rings. The predicted octanol–water partition coefficient (Wildman–Crippen LogP) is 3.86. The number of hydrogen-bond donors (Lipinski definition) is 1. The number of benzene rings is 2. The summed E-state index contributed by atoms with van der Waals surface area (Å²) in [7, 11) is 0. The summed E-state index contributed by atoms with van der Waals surface area (Å²) < 4.78 is 28.7. The molecule has 2 N–H and O–H groups in total. The molecule has 0 saturated carbocycles. The molecular formula is C18H18F2N2. The molecule has 0 spiro atoms. The molecule has 0 atom stereocenters. The molecular weight excluding hydrogens is 282 g/mol. The largest absolute Gasteiger partial charge is 0.343 e. The average Bonchev–Trinajstić information content (AvgIpc) is 2.82. The van der Waals surface area contributed by atoms with Crippen molar-refractivity contribution in [2.24, 2.45) is 5.73 Å². The number of para-hydroxylation sites is 1. The molecule has 1 aromatic heterocycles. The highest BCUT2D eigenvalue weighted by atomic mass is 19.1. The number of fused-ring (bicyclic) bond motifs is 1. The van der Waals surface area contributed by atoms with Gasteiger partial charge < -0.3 is 10.3 Å². The van der Waals surface area contributed by atoms with Gasteiger partial charge in [0.25, 0.3) is 0 Å². The fourth-order valence-electron chi connectivity index (χ4n) is 2.84. The van der Waals surface area contributed by atoms with Crippen molar-refractivity contribution in [1.82, 2.24) is 4.57 Å². The number of rotatable bonds is 5. The summed E-state index contributed by atoms with van der Waals surface area (Å²) in [6.45, 7) is 1.09. The summed E-state index contributed by atoms with van der Waals surface area (Å²) in [5.74, 6) is -1.09. The minimum Gasteiger partial charge on any atom is -0.343 e. The van der Waals surface area contributed by atoms with Crippen LogP contribution in [0.4, 0.5) is 8.78 Å². The predicted molar refractivity (Wildman–Crippen MR) is 84.8 cm³/mol. The zero-order valence-electron chi connectivity index (χ0n) is 12.2. The van der Waals surface area contributed by atoms with Gasteiger partial charge in [0.05, 0.1) is 0 Å². The molecule has 114 valence electrons. The molecule has 0 aliphatic carbocycles. The van der Waals surface area contributed by atoms with Gasteiger partial charge in [0.2, 0.25) is 0 Å². The molecule has 0 bridgehead atoms. The lowest BCUT2D eigenvalue weighted by Gasteiger charge is -2.06. The van der Waals surface area contributed by atoms with Crippen LogP contribution in [0.1, 0.15) is 17.5 Å². The molecule has 0 unspecified atom stereocenters. The molecule has 4 heteroatoms. The first-order chi connectivity index (χ1) is 10.7. The van der Waals surface area contributed by atoms with E-state index >= 15 is 0 Å². The van der Waals surface area contributed by atoms with E-state index < -0.39 is 11.6 Å². The van der Waals surface area contributed by atoms with E-state index in [1.54, 1.807) is 0 Å². The highest BCUT2D eigenvalue weighted by Crippen LogP contribution is 2.23. The summed E-state index contributed by atoms with van der Waals surface area (Å²) in [6.07, 6.45) is 3.88. The van der Waals surface area contributed by atoms with Crippen LogP contribution in [0.25, 0.3) is 10.9 Å². The lowest BCUT2D eigenvalue weighted by molar-refractivity contribution is 0.578. The van der Waals surface area contributed by atoms with Crippen molar-refractivity contribution in [3.8, 4) is 0 Å². The molecule has 0 saturated heterocycles. The third kappa shape index (κ3) is 3.02. The first-order valence-electron chi connectivity index (χ1n) is 7.39. The SMILES string of the molecule is NCCCc1cn(Cc2cc(F)cc(F)c2)c2ccccc12. The number of halogens is 2. The van der Waals surface area contributed by atoms with Crippen LogP contribution < -0.4 is 5.73 Å². The van der Waals surface area contributed by atoms with Crippen molar-refractivity contribution < 1.29 is 8.78 Å². The Kier molecular flexibility index (Phi) is 4.20. The van der Waals surface area contributed by atoms with Gasteiger partial charge in [0.1, 0.15) is 11.6 Å². The Morgan fingerprint density at radius 3 is 2.45 bits per heavy atom. The first-order valence-corrected chi connectivity index (χ1v) is 7.39. The van der Waals surface area contributed by atoms with Gasteiger partial charge in [0, 0.05) is 29.7 Å². The van der Waals surface area contributed by atoms with Crippen molar-refractivity contribution in [1.29, 1.82) is 0 Å². The number of aromatic nitrogens is 1. The van der Waals surface area contributed by atoms with Gasteiger partial charge in [-0.25, -0.2) is 8.78 Å². The Morgan fingerprint density at radius 1 is 1.00 bits per heavy atom. The highest BCUT2D eigenvalue weighted by Gasteiger charge is 2.09. The molecule has 0 radical (unpaired) electrons. The second-order valence-electron chi connectivity index (χ2n) is 5.47. The van der Waals surface area contributed by atoms with Gasteiger partial charge in [-0.05, 0) is 48.7 Å². The zero-order valence-corrected chi connectivity index (χ0v) is 12.2. The van der Waals surface area contributed by atoms with Crippen molar-refractivity contribution in [2.45, 2.75) is 19.4 Å².